The van der Waals surface area contributed by atoms with Crippen molar-refractivity contribution in [1.82, 2.24) is 14.5 Å². The summed E-state index contributed by atoms with van der Waals surface area (Å²) in [5.74, 6) is 1.48. The van der Waals surface area contributed by atoms with Gasteiger partial charge in [-0.2, -0.15) is 0 Å². The van der Waals surface area contributed by atoms with E-state index in [-0.39, 0.29) is 11.7 Å². The Labute approximate surface area is 138 Å². The molecule has 0 aromatic carbocycles. The molecule has 0 aliphatic heterocycles. The molecule has 0 bridgehead atoms. The predicted molar refractivity (Wildman–Crippen MR) is 88.5 cm³/mol. The molecule has 122 valence electrons. The first-order valence-electron chi connectivity index (χ1n) is 7.35. The molecule has 0 atom stereocenters. The van der Waals surface area contributed by atoms with Crippen LogP contribution in [0.25, 0.3) is 5.82 Å². The standard InChI is InChI=1S/C17H16N4O3/c1-10-8-15(22)24-11(2)16(10)17(23)20-13-4-5-14(19-9-13)21-7-6-18-12(21)3/h4-9H,1-3H3,(H,20,23). The fourth-order valence-electron chi connectivity index (χ4n) is 2.51. The van der Waals surface area contributed by atoms with Gasteiger partial charge in [-0.25, -0.2) is 14.8 Å². The van der Waals surface area contributed by atoms with Crippen molar-refractivity contribution in [3.05, 3.63) is 69.9 Å². The Morgan fingerprint density at radius 3 is 2.58 bits per heavy atom. The lowest BCUT2D eigenvalue weighted by molar-refractivity contribution is 0.102. The van der Waals surface area contributed by atoms with Gasteiger partial charge in [0.1, 0.15) is 17.4 Å². The lowest BCUT2D eigenvalue weighted by Crippen LogP contribution is -2.17. The number of carbonyl (C=O) groups excluding carboxylic acids is 1. The first-order valence-corrected chi connectivity index (χ1v) is 7.35. The summed E-state index contributed by atoms with van der Waals surface area (Å²) in [6.07, 6.45) is 5.08. The second-order valence-corrected chi connectivity index (χ2v) is 5.38. The number of aryl methyl sites for hydroxylation is 3. The van der Waals surface area contributed by atoms with Crippen LogP contribution in [-0.2, 0) is 0 Å². The molecule has 0 aliphatic carbocycles. The number of hydrogen-bond acceptors (Lipinski definition) is 5. The van der Waals surface area contributed by atoms with Gasteiger partial charge in [0.15, 0.2) is 0 Å². The van der Waals surface area contributed by atoms with Gasteiger partial charge in [0.2, 0.25) is 0 Å². The fourth-order valence-corrected chi connectivity index (χ4v) is 2.51. The van der Waals surface area contributed by atoms with Crippen molar-refractivity contribution in [1.29, 1.82) is 0 Å². The van der Waals surface area contributed by atoms with E-state index in [2.05, 4.69) is 15.3 Å². The minimum Gasteiger partial charge on any atom is -0.427 e. The van der Waals surface area contributed by atoms with Crippen molar-refractivity contribution in [2.45, 2.75) is 20.8 Å². The molecule has 0 unspecified atom stereocenters. The van der Waals surface area contributed by atoms with Crippen LogP contribution in [0.1, 0.15) is 27.5 Å². The smallest absolute Gasteiger partial charge is 0.336 e. The number of pyridine rings is 1. The van der Waals surface area contributed by atoms with Gasteiger partial charge in [-0.05, 0) is 38.5 Å². The molecule has 1 amide bonds. The van der Waals surface area contributed by atoms with Crippen LogP contribution in [0.3, 0.4) is 0 Å². The Kier molecular flexibility index (Phi) is 3.99. The predicted octanol–water partition coefficient (Wildman–Crippen LogP) is 2.40. The van der Waals surface area contributed by atoms with E-state index >= 15 is 0 Å². The zero-order chi connectivity index (χ0) is 17.3. The molecule has 24 heavy (non-hydrogen) atoms. The van der Waals surface area contributed by atoms with Crippen LogP contribution in [0, 0.1) is 20.8 Å². The van der Waals surface area contributed by atoms with Crippen LogP contribution < -0.4 is 10.9 Å². The molecule has 1 N–H and O–H groups in total. The summed E-state index contributed by atoms with van der Waals surface area (Å²) in [4.78, 5) is 32.2. The molecular weight excluding hydrogens is 308 g/mol. The molecule has 3 aromatic heterocycles. The van der Waals surface area contributed by atoms with Crippen LogP contribution in [0.5, 0.6) is 0 Å². The summed E-state index contributed by atoms with van der Waals surface area (Å²) in [7, 11) is 0. The number of anilines is 1. The van der Waals surface area contributed by atoms with Crippen LogP contribution in [0.15, 0.2) is 46.0 Å². The Balaban J connectivity index is 1.83. The lowest BCUT2D eigenvalue weighted by Gasteiger charge is -2.10. The second-order valence-electron chi connectivity index (χ2n) is 5.38. The third kappa shape index (κ3) is 2.96. The van der Waals surface area contributed by atoms with E-state index in [0.29, 0.717) is 22.6 Å². The van der Waals surface area contributed by atoms with Crippen molar-refractivity contribution in [3.63, 3.8) is 0 Å². The van der Waals surface area contributed by atoms with Gasteiger partial charge < -0.3 is 9.73 Å². The molecule has 7 heteroatoms. The van der Waals surface area contributed by atoms with Crippen LogP contribution >= 0.6 is 0 Å². The van der Waals surface area contributed by atoms with Gasteiger partial charge in [0.05, 0.1) is 17.4 Å². The Morgan fingerprint density at radius 1 is 1.21 bits per heavy atom. The number of nitrogens with one attached hydrogen (secondary N) is 1. The molecule has 3 heterocycles. The van der Waals surface area contributed by atoms with Gasteiger partial charge >= 0.3 is 5.63 Å². The first kappa shape index (κ1) is 15.7. The normalized spacial score (nSPS) is 10.6. The molecule has 0 aliphatic rings. The van der Waals surface area contributed by atoms with Gasteiger partial charge in [-0.3, -0.25) is 9.36 Å². The highest BCUT2D eigenvalue weighted by atomic mass is 16.4. The molecule has 7 nitrogen and oxygen atoms in total. The van der Waals surface area contributed by atoms with E-state index in [9.17, 15) is 9.59 Å². The van der Waals surface area contributed by atoms with E-state index < -0.39 is 5.63 Å². The van der Waals surface area contributed by atoms with Crippen LogP contribution in [0.4, 0.5) is 5.69 Å². The zero-order valence-corrected chi connectivity index (χ0v) is 13.5. The number of imidazole rings is 1. The van der Waals surface area contributed by atoms with Crippen molar-refractivity contribution in [3.8, 4) is 5.82 Å². The van der Waals surface area contributed by atoms with Gasteiger partial charge in [0, 0.05) is 18.5 Å². The SMILES string of the molecule is Cc1cc(=O)oc(C)c1C(=O)Nc1ccc(-n2ccnc2C)nc1. The summed E-state index contributed by atoms with van der Waals surface area (Å²) < 4.78 is 6.83. The number of rotatable bonds is 3. The molecule has 0 saturated heterocycles. The van der Waals surface area contributed by atoms with Crippen molar-refractivity contribution < 1.29 is 9.21 Å². The number of aromatic nitrogens is 3. The summed E-state index contributed by atoms with van der Waals surface area (Å²) >= 11 is 0. The Morgan fingerprint density at radius 2 is 2.00 bits per heavy atom. The highest BCUT2D eigenvalue weighted by Gasteiger charge is 2.15. The minimum atomic E-state index is -0.469. The van der Waals surface area contributed by atoms with E-state index in [0.717, 1.165) is 5.82 Å². The molecule has 0 radical (unpaired) electrons. The monoisotopic (exact) mass is 324 g/mol. The Bertz CT molecular complexity index is 928. The van der Waals surface area contributed by atoms with Crippen LogP contribution in [-0.4, -0.2) is 20.4 Å². The highest BCUT2D eigenvalue weighted by Crippen LogP contribution is 2.15. The number of amides is 1. The topological polar surface area (TPSA) is 90.0 Å². The molecular formula is C17H16N4O3. The third-order valence-corrected chi connectivity index (χ3v) is 3.64. The molecule has 3 rings (SSSR count). The van der Waals surface area contributed by atoms with Gasteiger partial charge in [-0.1, -0.05) is 0 Å². The van der Waals surface area contributed by atoms with E-state index in [1.807, 2.05) is 17.7 Å². The van der Waals surface area contributed by atoms with Crippen LogP contribution in [0.2, 0.25) is 0 Å². The van der Waals surface area contributed by atoms with E-state index in [4.69, 9.17) is 4.42 Å². The largest absolute Gasteiger partial charge is 0.427 e. The molecule has 3 aromatic rings. The van der Waals surface area contributed by atoms with Gasteiger partial charge in [0.25, 0.3) is 5.91 Å². The summed E-state index contributed by atoms with van der Waals surface area (Å²) in [6, 6.07) is 4.84. The molecule has 0 spiro atoms. The third-order valence-electron chi connectivity index (χ3n) is 3.64. The van der Waals surface area contributed by atoms with E-state index in [1.165, 1.54) is 6.07 Å². The average molecular weight is 324 g/mol. The number of hydrogen-bond donors (Lipinski definition) is 1. The summed E-state index contributed by atoms with van der Waals surface area (Å²) in [6.45, 7) is 5.17. The second kappa shape index (κ2) is 6.11. The maximum absolute atomic E-state index is 12.4. The molecule has 0 fully saturated rings. The van der Waals surface area contributed by atoms with Crippen molar-refractivity contribution in [2.75, 3.05) is 5.32 Å². The summed E-state index contributed by atoms with van der Waals surface area (Å²) in [5, 5.41) is 2.76. The summed E-state index contributed by atoms with van der Waals surface area (Å²) in [5.41, 5.74) is 0.999. The number of nitrogens with zero attached hydrogens (tertiary/aromatic N) is 3. The zero-order valence-electron chi connectivity index (χ0n) is 13.5. The maximum Gasteiger partial charge on any atom is 0.336 e. The van der Waals surface area contributed by atoms with Crippen molar-refractivity contribution >= 4 is 11.6 Å². The minimum absolute atomic E-state index is 0.288. The first-order chi connectivity index (χ1) is 11.5. The van der Waals surface area contributed by atoms with Gasteiger partial charge in [-0.15, -0.1) is 0 Å². The van der Waals surface area contributed by atoms with E-state index in [1.54, 1.807) is 38.4 Å². The Hall–Kier alpha value is -3.22. The quantitative estimate of drug-likeness (QED) is 0.799. The highest BCUT2D eigenvalue weighted by molar-refractivity contribution is 6.05. The fraction of sp³-hybridized carbons (Fsp3) is 0.176. The van der Waals surface area contributed by atoms with Crippen molar-refractivity contribution in [2.24, 2.45) is 0 Å². The average Bonchev–Trinajstić information content (AvgIpc) is 2.93. The molecule has 0 saturated carbocycles. The lowest BCUT2D eigenvalue weighted by atomic mass is 10.1. The number of carbonyl (C=O) groups is 1. The maximum atomic E-state index is 12.4.